The SMILES string of the molecule is COc1cc([C@H](Nc2cc(C)ccn2)c2ccc3ccc(C)nc3c2O)cc(OC)c1OC. The summed E-state index contributed by atoms with van der Waals surface area (Å²) in [5, 5.41) is 15.6. The molecule has 0 spiro atoms. The third-order valence-corrected chi connectivity index (χ3v) is 5.54. The molecule has 0 aliphatic rings. The van der Waals surface area contributed by atoms with Crippen LogP contribution in [0.15, 0.2) is 54.7 Å². The monoisotopic (exact) mass is 445 g/mol. The van der Waals surface area contributed by atoms with Gasteiger partial charge in [0, 0.05) is 22.8 Å². The molecule has 4 rings (SSSR count). The van der Waals surface area contributed by atoms with Crippen molar-refractivity contribution in [2.75, 3.05) is 26.6 Å². The number of hydrogen-bond acceptors (Lipinski definition) is 7. The summed E-state index contributed by atoms with van der Waals surface area (Å²) in [5.74, 6) is 2.31. The van der Waals surface area contributed by atoms with E-state index in [1.54, 1.807) is 27.5 Å². The highest BCUT2D eigenvalue weighted by atomic mass is 16.5. The Morgan fingerprint density at radius 2 is 1.58 bits per heavy atom. The molecule has 0 fully saturated rings. The second-order valence-corrected chi connectivity index (χ2v) is 7.78. The molecule has 0 aliphatic carbocycles. The fourth-order valence-corrected chi connectivity index (χ4v) is 3.89. The molecule has 0 aliphatic heterocycles. The molecule has 7 nitrogen and oxygen atoms in total. The molecule has 0 radical (unpaired) electrons. The van der Waals surface area contributed by atoms with Gasteiger partial charge < -0.3 is 24.6 Å². The van der Waals surface area contributed by atoms with Gasteiger partial charge >= 0.3 is 0 Å². The Morgan fingerprint density at radius 1 is 0.879 bits per heavy atom. The minimum atomic E-state index is -0.472. The zero-order chi connectivity index (χ0) is 23.5. The first-order valence-corrected chi connectivity index (χ1v) is 10.5. The van der Waals surface area contributed by atoms with Gasteiger partial charge in [0.25, 0.3) is 0 Å². The Kier molecular flexibility index (Phi) is 6.22. The van der Waals surface area contributed by atoms with Crippen molar-refractivity contribution >= 4 is 16.7 Å². The van der Waals surface area contributed by atoms with E-state index in [4.69, 9.17) is 14.2 Å². The van der Waals surface area contributed by atoms with Gasteiger partial charge in [-0.25, -0.2) is 9.97 Å². The Morgan fingerprint density at radius 3 is 2.21 bits per heavy atom. The van der Waals surface area contributed by atoms with Crippen LogP contribution in [0.3, 0.4) is 0 Å². The lowest BCUT2D eigenvalue weighted by atomic mass is 9.95. The zero-order valence-corrected chi connectivity index (χ0v) is 19.3. The maximum absolute atomic E-state index is 11.3. The van der Waals surface area contributed by atoms with Crippen LogP contribution in [0.25, 0.3) is 10.9 Å². The maximum atomic E-state index is 11.3. The van der Waals surface area contributed by atoms with Gasteiger partial charge in [-0.2, -0.15) is 0 Å². The van der Waals surface area contributed by atoms with Crippen molar-refractivity contribution in [2.45, 2.75) is 19.9 Å². The average Bonchev–Trinajstić information content (AvgIpc) is 2.82. The van der Waals surface area contributed by atoms with Crippen LogP contribution in [0.1, 0.15) is 28.4 Å². The zero-order valence-electron chi connectivity index (χ0n) is 19.3. The van der Waals surface area contributed by atoms with Crippen LogP contribution < -0.4 is 19.5 Å². The number of anilines is 1. The summed E-state index contributed by atoms with van der Waals surface area (Å²) in [6.07, 6.45) is 1.75. The van der Waals surface area contributed by atoms with Crippen molar-refractivity contribution in [3.8, 4) is 23.0 Å². The molecular formula is C26H27N3O4. The molecule has 33 heavy (non-hydrogen) atoms. The van der Waals surface area contributed by atoms with Crippen molar-refractivity contribution < 1.29 is 19.3 Å². The lowest BCUT2D eigenvalue weighted by Gasteiger charge is -2.24. The van der Waals surface area contributed by atoms with E-state index in [1.807, 2.05) is 62.4 Å². The minimum Gasteiger partial charge on any atom is -0.505 e. The number of benzene rings is 2. The third kappa shape index (κ3) is 4.35. The number of fused-ring (bicyclic) bond motifs is 1. The standard InChI is InChI=1S/C26H27N3O4/c1-15-10-11-27-22(12-15)29-23(18-13-20(31-3)26(33-5)21(14-18)32-4)19-9-8-17-7-6-16(2)28-24(17)25(19)30/h6-14,23,30H,1-5H3,(H,27,29)/t23-/m0/s1. The van der Waals surface area contributed by atoms with E-state index in [1.165, 1.54) is 0 Å². The summed E-state index contributed by atoms with van der Waals surface area (Å²) < 4.78 is 16.6. The van der Waals surface area contributed by atoms with Crippen molar-refractivity contribution in [1.29, 1.82) is 0 Å². The van der Waals surface area contributed by atoms with Crippen LogP contribution in [-0.4, -0.2) is 36.4 Å². The number of ether oxygens (including phenoxy) is 3. The summed E-state index contributed by atoms with van der Waals surface area (Å²) in [6.45, 7) is 3.90. The highest BCUT2D eigenvalue weighted by Crippen LogP contribution is 2.43. The van der Waals surface area contributed by atoms with Crippen molar-refractivity contribution in [3.05, 3.63) is 77.1 Å². The Balaban J connectivity index is 1.93. The van der Waals surface area contributed by atoms with Crippen LogP contribution >= 0.6 is 0 Å². The molecule has 7 heteroatoms. The molecule has 170 valence electrons. The van der Waals surface area contributed by atoms with Gasteiger partial charge in [0.05, 0.1) is 27.4 Å². The van der Waals surface area contributed by atoms with Crippen LogP contribution in [0, 0.1) is 13.8 Å². The normalized spacial score (nSPS) is 11.8. The summed E-state index contributed by atoms with van der Waals surface area (Å²) in [4.78, 5) is 9.02. The largest absolute Gasteiger partial charge is 0.505 e. The number of phenolic OH excluding ortho intramolecular Hbond substituents is 1. The number of aromatic nitrogens is 2. The predicted octanol–water partition coefficient (Wildman–Crippen LogP) is 5.18. The number of aryl methyl sites for hydroxylation is 2. The first-order chi connectivity index (χ1) is 15.9. The van der Waals surface area contributed by atoms with Gasteiger partial charge in [-0.15, -0.1) is 0 Å². The minimum absolute atomic E-state index is 0.107. The summed E-state index contributed by atoms with van der Waals surface area (Å²) in [7, 11) is 4.72. The van der Waals surface area contributed by atoms with E-state index in [0.29, 0.717) is 34.1 Å². The molecule has 0 amide bonds. The molecular weight excluding hydrogens is 418 g/mol. The Hall–Kier alpha value is -4.00. The van der Waals surface area contributed by atoms with Gasteiger partial charge in [-0.1, -0.05) is 18.2 Å². The number of phenols is 1. The molecule has 0 saturated carbocycles. The molecule has 2 N–H and O–H groups in total. The number of nitrogens with zero attached hydrogens (tertiary/aromatic N) is 2. The number of nitrogens with one attached hydrogen (secondary N) is 1. The molecule has 2 aromatic heterocycles. The highest BCUT2D eigenvalue weighted by Gasteiger charge is 2.24. The number of pyridine rings is 2. The molecule has 0 bridgehead atoms. The second kappa shape index (κ2) is 9.24. The van der Waals surface area contributed by atoms with Gasteiger partial charge in [0.1, 0.15) is 17.1 Å². The Bertz CT molecular complexity index is 1280. The van der Waals surface area contributed by atoms with E-state index >= 15 is 0 Å². The fraction of sp³-hybridized carbons (Fsp3) is 0.231. The topological polar surface area (TPSA) is 85.7 Å². The van der Waals surface area contributed by atoms with Gasteiger partial charge in [0.15, 0.2) is 11.5 Å². The molecule has 1 atom stereocenters. The van der Waals surface area contributed by atoms with E-state index in [2.05, 4.69) is 15.3 Å². The third-order valence-electron chi connectivity index (χ3n) is 5.54. The van der Waals surface area contributed by atoms with Crippen LogP contribution in [-0.2, 0) is 0 Å². The maximum Gasteiger partial charge on any atom is 0.203 e. The summed E-state index contributed by atoms with van der Waals surface area (Å²) in [6, 6.07) is 14.9. The van der Waals surface area contributed by atoms with Crippen LogP contribution in [0.5, 0.6) is 23.0 Å². The van der Waals surface area contributed by atoms with Crippen LogP contribution in [0.4, 0.5) is 5.82 Å². The van der Waals surface area contributed by atoms with Crippen molar-refractivity contribution in [3.63, 3.8) is 0 Å². The van der Waals surface area contributed by atoms with Crippen molar-refractivity contribution in [2.24, 2.45) is 0 Å². The van der Waals surface area contributed by atoms with Crippen molar-refractivity contribution in [1.82, 2.24) is 9.97 Å². The van der Waals surface area contributed by atoms with Gasteiger partial charge in [-0.05, 0) is 55.3 Å². The number of hydrogen-bond donors (Lipinski definition) is 2. The van der Waals surface area contributed by atoms with Crippen LogP contribution in [0.2, 0.25) is 0 Å². The number of methoxy groups -OCH3 is 3. The molecule has 0 saturated heterocycles. The van der Waals surface area contributed by atoms with E-state index in [9.17, 15) is 5.11 Å². The molecule has 4 aromatic rings. The quantitative estimate of drug-likeness (QED) is 0.405. The van der Waals surface area contributed by atoms with Gasteiger partial charge in [-0.3, -0.25) is 0 Å². The van der Waals surface area contributed by atoms with Gasteiger partial charge in [0.2, 0.25) is 5.75 Å². The summed E-state index contributed by atoms with van der Waals surface area (Å²) in [5.41, 5.74) is 3.89. The first kappa shape index (κ1) is 22.2. The summed E-state index contributed by atoms with van der Waals surface area (Å²) >= 11 is 0. The fourth-order valence-electron chi connectivity index (χ4n) is 3.89. The number of aromatic hydroxyl groups is 1. The number of rotatable bonds is 7. The average molecular weight is 446 g/mol. The first-order valence-electron chi connectivity index (χ1n) is 10.5. The smallest absolute Gasteiger partial charge is 0.203 e. The predicted molar refractivity (Wildman–Crippen MR) is 129 cm³/mol. The lowest BCUT2D eigenvalue weighted by Crippen LogP contribution is -2.14. The molecule has 2 aromatic carbocycles. The molecule has 2 heterocycles. The second-order valence-electron chi connectivity index (χ2n) is 7.78. The molecule has 0 unspecified atom stereocenters. The highest BCUT2D eigenvalue weighted by molar-refractivity contribution is 5.86. The van der Waals surface area contributed by atoms with E-state index in [-0.39, 0.29) is 5.75 Å². The Labute approximate surface area is 193 Å². The van der Waals surface area contributed by atoms with E-state index < -0.39 is 6.04 Å². The van der Waals surface area contributed by atoms with E-state index in [0.717, 1.165) is 22.2 Å². The lowest BCUT2D eigenvalue weighted by molar-refractivity contribution is 0.323.